The van der Waals surface area contributed by atoms with E-state index in [1.54, 1.807) is 13.8 Å². The van der Waals surface area contributed by atoms with Crippen LogP contribution in [0.25, 0.3) is 10.2 Å². The van der Waals surface area contributed by atoms with E-state index in [1.165, 1.54) is 11.3 Å². The number of hydrogen-bond donors (Lipinski definition) is 2. The minimum atomic E-state index is -1.44. The number of hydrogen-bond acceptors (Lipinski definition) is 7. The van der Waals surface area contributed by atoms with Crippen LogP contribution in [-0.2, 0) is 9.47 Å². The highest BCUT2D eigenvalue weighted by molar-refractivity contribution is 8.01. The van der Waals surface area contributed by atoms with E-state index in [1.807, 2.05) is 24.3 Å². The van der Waals surface area contributed by atoms with Gasteiger partial charge in [0.1, 0.15) is 5.60 Å². The smallest absolute Gasteiger partial charge is 0.450 e. The molecule has 0 saturated carbocycles. The van der Waals surface area contributed by atoms with Crippen LogP contribution in [0.4, 0.5) is 9.59 Å². The maximum absolute atomic E-state index is 10.9. The molecule has 0 saturated heterocycles. The van der Waals surface area contributed by atoms with Gasteiger partial charge in [-0.15, -0.1) is 11.3 Å². The number of nitrogens with zero attached hydrogens (tertiary/aromatic N) is 1. The van der Waals surface area contributed by atoms with Crippen molar-refractivity contribution in [2.24, 2.45) is 0 Å². The van der Waals surface area contributed by atoms with Crippen molar-refractivity contribution >= 4 is 45.6 Å². The van der Waals surface area contributed by atoms with Crippen LogP contribution in [0, 0.1) is 0 Å². The summed E-state index contributed by atoms with van der Waals surface area (Å²) in [4.78, 5) is 26.0. The topological polar surface area (TPSA) is 106 Å². The highest BCUT2D eigenvalue weighted by Gasteiger charge is 2.31. The van der Waals surface area contributed by atoms with Crippen LogP contribution >= 0.6 is 23.1 Å². The van der Waals surface area contributed by atoms with E-state index in [4.69, 9.17) is 19.7 Å². The van der Waals surface area contributed by atoms with Crippen LogP contribution in [0.3, 0.4) is 0 Å². The maximum atomic E-state index is 10.9. The molecule has 0 spiro atoms. The molecule has 0 aliphatic rings. The third-order valence-corrected chi connectivity index (χ3v) is 4.95. The number of carboxylic acid groups (broad SMARTS) is 2. The molecule has 0 amide bonds. The van der Waals surface area contributed by atoms with Crippen LogP contribution in [0.2, 0.25) is 0 Å². The number of aromatic nitrogens is 1. The van der Waals surface area contributed by atoms with Crippen LogP contribution in [-0.4, -0.2) is 38.5 Å². The Kier molecular flexibility index (Phi) is 5.32. The van der Waals surface area contributed by atoms with Crippen molar-refractivity contribution in [2.45, 2.75) is 35.6 Å². The van der Waals surface area contributed by atoms with Gasteiger partial charge in [-0.1, -0.05) is 23.9 Å². The lowest BCUT2D eigenvalue weighted by molar-refractivity contribution is -0.0189. The predicted octanol–water partition coefficient (Wildman–Crippen LogP) is 4.27. The molecule has 1 atom stereocenters. The first-order chi connectivity index (χ1) is 10.7. The fourth-order valence-corrected chi connectivity index (χ4v) is 4.38. The number of benzene rings is 1. The molecule has 2 aromatic rings. The lowest BCUT2D eigenvalue weighted by atomic mass is 10.1. The summed E-state index contributed by atoms with van der Waals surface area (Å²) in [5, 5.41) is 17.6. The Labute approximate surface area is 140 Å². The van der Waals surface area contributed by atoms with E-state index in [2.05, 4.69) is 4.98 Å². The molecule has 1 unspecified atom stereocenters. The standard InChI is InChI=1S/C14H15NO6S2/c1-14(2,21-13(18)19)7-10(20-12(16)17)23-11-15-8-5-3-4-6-9(8)22-11/h3-6,10H,7H2,1-2H3,(H,16,17)(H,18,19). The molecule has 2 rings (SSSR count). The van der Waals surface area contributed by atoms with Gasteiger partial charge in [-0.3, -0.25) is 0 Å². The number of thioether (sulfide) groups is 1. The number of ether oxygens (including phenoxy) is 2. The van der Waals surface area contributed by atoms with Crippen molar-refractivity contribution in [3.8, 4) is 0 Å². The molecule has 0 aliphatic heterocycles. The lowest BCUT2D eigenvalue weighted by Crippen LogP contribution is -2.32. The highest BCUT2D eigenvalue weighted by Crippen LogP contribution is 2.36. The van der Waals surface area contributed by atoms with Gasteiger partial charge in [-0.25, -0.2) is 14.6 Å². The molecule has 1 aromatic heterocycles. The molecule has 7 nitrogen and oxygen atoms in total. The van der Waals surface area contributed by atoms with E-state index in [0.29, 0.717) is 4.34 Å². The molecule has 0 radical (unpaired) electrons. The first kappa shape index (κ1) is 17.4. The molecule has 1 heterocycles. The van der Waals surface area contributed by atoms with Gasteiger partial charge in [0, 0.05) is 6.42 Å². The summed E-state index contributed by atoms with van der Waals surface area (Å²) in [5.74, 6) is 0. The average molecular weight is 357 g/mol. The second kappa shape index (κ2) is 7.05. The third-order valence-electron chi connectivity index (χ3n) is 2.76. The molecule has 23 heavy (non-hydrogen) atoms. The van der Waals surface area contributed by atoms with E-state index in [9.17, 15) is 9.59 Å². The van der Waals surface area contributed by atoms with E-state index < -0.39 is 23.3 Å². The van der Waals surface area contributed by atoms with Gasteiger partial charge in [0.2, 0.25) is 0 Å². The SMILES string of the molecule is CC(C)(CC(OC(=O)O)Sc1nc2ccccc2s1)OC(=O)O. The molecule has 2 N–H and O–H groups in total. The molecule has 1 aromatic carbocycles. The Bertz CT molecular complexity index is 681. The number of carbonyl (C=O) groups is 2. The van der Waals surface area contributed by atoms with Crippen molar-refractivity contribution in [1.82, 2.24) is 4.98 Å². The van der Waals surface area contributed by atoms with Gasteiger partial charge in [0.15, 0.2) is 9.78 Å². The summed E-state index contributed by atoms with van der Waals surface area (Å²) >= 11 is 2.54. The normalized spacial score (nSPS) is 12.8. The predicted molar refractivity (Wildman–Crippen MR) is 86.2 cm³/mol. The molecule has 9 heteroatoms. The minimum Gasteiger partial charge on any atom is -0.450 e. The minimum absolute atomic E-state index is 0.0617. The van der Waals surface area contributed by atoms with Gasteiger partial charge < -0.3 is 19.7 Å². The van der Waals surface area contributed by atoms with Crippen LogP contribution in [0.5, 0.6) is 0 Å². The fourth-order valence-electron chi connectivity index (χ4n) is 1.91. The van der Waals surface area contributed by atoms with Crippen molar-refractivity contribution < 1.29 is 29.3 Å². The van der Waals surface area contributed by atoms with Crippen LogP contribution < -0.4 is 0 Å². The molecular weight excluding hydrogens is 342 g/mol. The van der Waals surface area contributed by atoms with Gasteiger partial charge in [-0.05, 0) is 26.0 Å². The Morgan fingerprint density at radius 2 is 2.00 bits per heavy atom. The van der Waals surface area contributed by atoms with E-state index in [0.717, 1.165) is 22.0 Å². The summed E-state index contributed by atoms with van der Waals surface area (Å²) in [6.45, 7) is 3.11. The van der Waals surface area contributed by atoms with Gasteiger partial charge in [-0.2, -0.15) is 0 Å². The van der Waals surface area contributed by atoms with Crippen molar-refractivity contribution in [1.29, 1.82) is 0 Å². The number of rotatable bonds is 6. The van der Waals surface area contributed by atoms with Crippen molar-refractivity contribution in [2.75, 3.05) is 0 Å². The second-order valence-corrected chi connectivity index (χ2v) is 7.65. The summed E-state index contributed by atoms with van der Waals surface area (Å²) in [6.07, 6.45) is -2.80. The summed E-state index contributed by atoms with van der Waals surface area (Å²) < 4.78 is 11.2. The Balaban J connectivity index is 2.14. The van der Waals surface area contributed by atoms with Crippen LogP contribution in [0.15, 0.2) is 28.6 Å². The Morgan fingerprint density at radius 3 is 2.61 bits per heavy atom. The summed E-state index contributed by atoms with van der Waals surface area (Å²) in [5.41, 5.74) is -1.10. The van der Waals surface area contributed by atoms with E-state index in [-0.39, 0.29) is 6.42 Å². The monoisotopic (exact) mass is 357 g/mol. The third kappa shape index (κ3) is 5.29. The lowest BCUT2D eigenvalue weighted by Gasteiger charge is -2.26. The fraction of sp³-hybridized carbons (Fsp3) is 0.357. The van der Waals surface area contributed by atoms with Gasteiger partial charge >= 0.3 is 12.3 Å². The van der Waals surface area contributed by atoms with E-state index >= 15 is 0 Å². The summed E-state index contributed by atoms with van der Waals surface area (Å²) in [6, 6.07) is 7.54. The quantitative estimate of drug-likeness (QED) is 0.448. The number of fused-ring (bicyclic) bond motifs is 1. The maximum Gasteiger partial charge on any atom is 0.506 e. The molecular formula is C14H15NO6S2. The van der Waals surface area contributed by atoms with Gasteiger partial charge in [0.05, 0.1) is 10.2 Å². The average Bonchev–Trinajstić information content (AvgIpc) is 2.77. The van der Waals surface area contributed by atoms with Crippen molar-refractivity contribution in [3.05, 3.63) is 24.3 Å². The molecule has 0 bridgehead atoms. The first-order valence-corrected chi connectivity index (χ1v) is 8.28. The zero-order chi connectivity index (χ0) is 17.0. The number of para-hydroxylation sites is 1. The van der Waals surface area contributed by atoms with Gasteiger partial charge in [0.25, 0.3) is 0 Å². The molecule has 0 fully saturated rings. The first-order valence-electron chi connectivity index (χ1n) is 6.59. The summed E-state index contributed by atoms with van der Waals surface area (Å²) in [7, 11) is 0. The molecule has 0 aliphatic carbocycles. The van der Waals surface area contributed by atoms with Crippen molar-refractivity contribution in [3.63, 3.8) is 0 Å². The molecule has 124 valence electrons. The Morgan fingerprint density at radius 1 is 1.30 bits per heavy atom. The highest BCUT2D eigenvalue weighted by atomic mass is 32.2. The van der Waals surface area contributed by atoms with Crippen LogP contribution in [0.1, 0.15) is 20.3 Å². The second-order valence-electron chi connectivity index (χ2n) is 5.21. The largest absolute Gasteiger partial charge is 0.506 e. The zero-order valence-corrected chi connectivity index (χ0v) is 14.0. The number of thiazole rings is 1. The zero-order valence-electron chi connectivity index (χ0n) is 12.4. The Hall–Kier alpha value is -2.00.